The zero-order valence-corrected chi connectivity index (χ0v) is 8.71. The highest BCUT2D eigenvalue weighted by Gasteiger charge is 2.20. The van der Waals surface area contributed by atoms with E-state index in [-0.39, 0.29) is 17.7 Å². The van der Waals surface area contributed by atoms with Crippen molar-refractivity contribution in [2.24, 2.45) is 0 Å². The van der Waals surface area contributed by atoms with Crippen molar-refractivity contribution in [3.8, 4) is 0 Å². The highest BCUT2D eigenvalue weighted by molar-refractivity contribution is 5.86. The van der Waals surface area contributed by atoms with E-state index in [0.717, 1.165) is 5.56 Å². The Bertz CT molecular complexity index is 437. The summed E-state index contributed by atoms with van der Waals surface area (Å²) in [4.78, 5) is 20.8. The smallest absolute Gasteiger partial charge is 0.337 e. The maximum Gasteiger partial charge on any atom is 0.337 e. The normalized spacial score (nSPS) is 11.8. The first-order valence-corrected chi connectivity index (χ1v) is 4.63. The summed E-state index contributed by atoms with van der Waals surface area (Å²) in [7, 11) is 0. The maximum absolute atomic E-state index is 10.7. The number of aliphatic carboxylic acids is 1. The summed E-state index contributed by atoms with van der Waals surface area (Å²) in [6.07, 6.45) is 0.0198. The van der Waals surface area contributed by atoms with Crippen molar-refractivity contribution in [1.29, 1.82) is 0 Å². The Kier molecular flexibility index (Phi) is 3.77. The number of rotatable bonds is 4. The van der Waals surface area contributed by atoms with Crippen molar-refractivity contribution in [3.05, 3.63) is 57.3 Å². The lowest BCUT2D eigenvalue weighted by Crippen LogP contribution is -2.10. The fourth-order valence-electron chi connectivity index (χ4n) is 1.25. The first-order valence-electron chi connectivity index (χ1n) is 4.63. The van der Waals surface area contributed by atoms with E-state index in [1.807, 2.05) is 0 Å². The van der Waals surface area contributed by atoms with Gasteiger partial charge in [-0.2, -0.15) is 0 Å². The Labute approximate surface area is 92.2 Å². The average molecular weight is 221 g/mol. The van der Waals surface area contributed by atoms with E-state index in [2.05, 4.69) is 0 Å². The van der Waals surface area contributed by atoms with Crippen molar-refractivity contribution >= 4 is 5.97 Å². The number of benzene rings is 1. The molecule has 0 spiro atoms. The SMILES string of the molecule is CC(C(=O)O)=C(Cc1ccccc1)[N+](=O)[O-]. The third-order valence-electron chi connectivity index (χ3n) is 2.19. The number of allylic oxidation sites excluding steroid dienone is 1. The largest absolute Gasteiger partial charge is 0.478 e. The van der Waals surface area contributed by atoms with Gasteiger partial charge in [-0.15, -0.1) is 0 Å². The Hall–Kier alpha value is -2.17. The summed E-state index contributed by atoms with van der Waals surface area (Å²) < 4.78 is 0. The van der Waals surface area contributed by atoms with E-state index in [9.17, 15) is 14.9 Å². The van der Waals surface area contributed by atoms with Gasteiger partial charge in [0, 0.05) is 0 Å². The Morgan fingerprint density at radius 1 is 1.38 bits per heavy atom. The number of nitro groups is 1. The van der Waals surface area contributed by atoms with Gasteiger partial charge in [0.1, 0.15) is 5.57 Å². The minimum atomic E-state index is -1.26. The molecule has 1 rings (SSSR count). The van der Waals surface area contributed by atoms with Crippen molar-refractivity contribution in [2.75, 3.05) is 0 Å². The molecule has 84 valence electrons. The van der Waals surface area contributed by atoms with Crippen LogP contribution in [-0.4, -0.2) is 16.0 Å². The molecular formula is C11H11NO4. The minimum absolute atomic E-state index is 0.0198. The standard InChI is InChI=1S/C11H11NO4/c1-8(11(13)14)10(12(15)16)7-9-5-3-2-4-6-9/h2-6H,7H2,1H3,(H,13,14). The number of carbonyl (C=O) groups is 1. The van der Waals surface area contributed by atoms with E-state index in [1.54, 1.807) is 30.3 Å². The third-order valence-corrected chi connectivity index (χ3v) is 2.19. The van der Waals surface area contributed by atoms with Gasteiger partial charge in [0.25, 0.3) is 5.70 Å². The Morgan fingerprint density at radius 3 is 2.38 bits per heavy atom. The molecule has 0 aliphatic carbocycles. The molecule has 1 aromatic carbocycles. The van der Waals surface area contributed by atoms with Gasteiger partial charge in [-0.25, -0.2) is 4.79 Å². The molecule has 0 atom stereocenters. The van der Waals surface area contributed by atoms with Crippen LogP contribution < -0.4 is 0 Å². The number of hydrogen-bond acceptors (Lipinski definition) is 3. The number of hydrogen-bond donors (Lipinski definition) is 1. The molecule has 0 saturated carbocycles. The van der Waals surface area contributed by atoms with Crippen LogP contribution in [0.1, 0.15) is 12.5 Å². The molecule has 5 heteroatoms. The van der Waals surface area contributed by atoms with E-state index >= 15 is 0 Å². The fraction of sp³-hybridized carbons (Fsp3) is 0.182. The predicted molar refractivity (Wildman–Crippen MR) is 57.5 cm³/mol. The number of carboxylic acid groups (broad SMARTS) is 1. The van der Waals surface area contributed by atoms with Gasteiger partial charge in [-0.3, -0.25) is 10.1 Å². The molecular weight excluding hydrogens is 210 g/mol. The molecule has 0 aliphatic rings. The lowest BCUT2D eigenvalue weighted by Gasteiger charge is -2.01. The zero-order chi connectivity index (χ0) is 12.1. The number of carboxylic acids is 1. The van der Waals surface area contributed by atoms with E-state index in [4.69, 9.17) is 5.11 Å². The van der Waals surface area contributed by atoms with Crippen LogP contribution in [0.3, 0.4) is 0 Å². The molecule has 0 amide bonds. The maximum atomic E-state index is 10.7. The van der Waals surface area contributed by atoms with Crippen LogP contribution in [0, 0.1) is 10.1 Å². The lowest BCUT2D eigenvalue weighted by molar-refractivity contribution is -0.428. The molecule has 0 saturated heterocycles. The molecule has 0 bridgehead atoms. The lowest BCUT2D eigenvalue weighted by atomic mass is 10.1. The highest BCUT2D eigenvalue weighted by Crippen LogP contribution is 2.13. The summed E-state index contributed by atoms with van der Waals surface area (Å²) in [5.74, 6) is -1.26. The molecule has 0 aromatic heterocycles. The van der Waals surface area contributed by atoms with Crippen LogP contribution >= 0.6 is 0 Å². The van der Waals surface area contributed by atoms with Crippen LogP contribution in [0.4, 0.5) is 0 Å². The summed E-state index contributed by atoms with van der Waals surface area (Å²) in [6.45, 7) is 1.24. The van der Waals surface area contributed by atoms with Crippen molar-refractivity contribution in [2.45, 2.75) is 13.3 Å². The van der Waals surface area contributed by atoms with Gasteiger partial charge in [0.05, 0.1) is 11.3 Å². The van der Waals surface area contributed by atoms with Gasteiger partial charge in [0.2, 0.25) is 0 Å². The summed E-state index contributed by atoms with van der Waals surface area (Å²) in [5.41, 5.74) is 0.211. The number of nitrogens with zero attached hydrogens (tertiary/aromatic N) is 1. The van der Waals surface area contributed by atoms with Crippen LogP contribution in [0.5, 0.6) is 0 Å². The first kappa shape index (κ1) is 11.9. The van der Waals surface area contributed by atoms with Crippen LogP contribution in [0.15, 0.2) is 41.6 Å². The summed E-state index contributed by atoms with van der Waals surface area (Å²) in [6, 6.07) is 8.74. The van der Waals surface area contributed by atoms with E-state index in [0.29, 0.717) is 0 Å². The molecule has 1 N–H and O–H groups in total. The van der Waals surface area contributed by atoms with Gasteiger partial charge in [0.15, 0.2) is 0 Å². The van der Waals surface area contributed by atoms with Crippen molar-refractivity contribution in [3.63, 3.8) is 0 Å². The highest BCUT2D eigenvalue weighted by atomic mass is 16.6. The molecule has 0 unspecified atom stereocenters. The molecule has 5 nitrogen and oxygen atoms in total. The fourth-order valence-corrected chi connectivity index (χ4v) is 1.25. The van der Waals surface area contributed by atoms with Crippen LogP contribution in [0.2, 0.25) is 0 Å². The predicted octanol–water partition coefficient (Wildman–Crippen LogP) is 1.86. The molecule has 16 heavy (non-hydrogen) atoms. The van der Waals surface area contributed by atoms with Crippen LogP contribution in [0.25, 0.3) is 0 Å². The van der Waals surface area contributed by atoms with Crippen molar-refractivity contribution in [1.82, 2.24) is 0 Å². The second-order valence-electron chi connectivity index (χ2n) is 3.30. The van der Waals surface area contributed by atoms with Crippen LogP contribution in [-0.2, 0) is 11.2 Å². The monoisotopic (exact) mass is 221 g/mol. The molecule has 1 aromatic rings. The quantitative estimate of drug-likeness (QED) is 0.478. The summed E-state index contributed by atoms with van der Waals surface area (Å²) >= 11 is 0. The van der Waals surface area contributed by atoms with E-state index < -0.39 is 10.9 Å². The topological polar surface area (TPSA) is 80.4 Å². The van der Waals surface area contributed by atoms with Gasteiger partial charge in [-0.05, 0) is 12.5 Å². The van der Waals surface area contributed by atoms with Crippen molar-refractivity contribution < 1.29 is 14.8 Å². The second kappa shape index (κ2) is 5.06. The zero-order valence-electron chi connectivity index (χ0n) is 8.71. The first-order chi connectivity index (χ1) is 7.52. The summed E-state index contributed by atoms with van der Waals surface area (Å²) in [5, 5.41) is 19.5. The Balaban J connectivity index is 3.03. The molecule has 0 aliphatic heterocycles. The van der Waals surface area contributed by atoms with Gasteiger partial charge in [-0.1, -0.05) is 30.3 Å². The third kappa shape index (κ3) is 2.91. The van der Waals surface area contributed by atoms with E-state index in [1.165, 1.54) is 6.92 Å². The second-order valence-corrected chi connectivity index (χ2v) is 3.30. The minimum Gasteiger partial charge on any atom is -0.478 e. The Morgan fingerprint density at radius 2 is 1.94 bits per heavy atom. The average Bonchev–Trinajstić information content (AvgIpc) is 2.26. The van der Waals surface area contributed by atoms with Gasteiger partial charge < -0.3 is 5.11 Å². The molecule has 0 fully saturated rings. The molecule has 0 radical (unpaired) electrons. The molecule has 0 heterocycles. The van der Waals surface area contributed by atoms with Gasteiger partial charge >= 0.3 is 5.97 Å².